The second kappa shape index (κ2) is 7.86. The van der Waals surface area contributed by atoms with E-state index in [4.69, 9.17) is 17.0 Å². The molecule has 0 heterocycles. The smallest absolute Gasteiger partial charge is 0.191 e. The van der Waals surface area contributed by atoms with Crippen molar-refractivity contribution in [3.05, 3.63) is 58.3 Å². The summed E-state index contributed by atoms with van der Waals surface area (Å²) < 4.78 is 19.0. The van der Waals surface area contributed by atoms with Crippen molar-refractivity contribution < 1.29 is 9.13 Å². The highest BCUT2D eigenvalue weighted by Crippen LogP contribution is 2.21. The molecule has 2 rings (SSSR count). The van der Waals surface area contributed by atoms with E-state index in [2.05, 4.69) is 31.8 Å². The van der Waals surface area contributed by atoms with E-state index in [1.54, 1.807) is 25.5 Å². The molecule has 114 valence electrons. The van der Waals surface area contributed by atoms with Crippen LogP contribution in [0.1, 0.15) is 5.56 Å². The number of halogens is 2. The molecule has 0 aliphatic rings. The average Bonchev–Trinajstić information content (AvgIpc) is 2.50. The van der Waals surface area contributed by atoms with E-state index in [9.17, 15) is 4.39 Å². The summed E-state index contributed by atoms with van der Waals surface area (Å²) in [5.41, 5.74) is 4.17. The maximum atomic E-state index is 12.8. The second-order valence-electron chi connectivity index (χ2n) is 4.22. The van der Waals surface area contributed by atoms with Crippen LogP contribution >= 0.6 is 28.1 Å². The number of anilines is 1. The van der Waals surface area contributed by atoms with Crippen molar-refractivity contribution in [1.82, 2.24) is 5.43 Å². The van der Waals surface area contributed by atoms with E-state index in [0.29, 0.717) is 16.5 Å². The summed E-state index contributed by atoms with van der Waals surface area (Å²) in [6.45, 7) is 0. The number of benzene rings is 2. The summed E-state index contributed by atoms with van der Waals surface area (Å²) in [6, 6.07) is 11.5. The molecule has 0 unspecified atom stereocenters. The number of hydrogen-bond acceptors (Lipinski definition) is 3. The zero-order valence-corrected chi connectivity index (χ0v) is 14.0. The average molecular weight is 382 g/mol. The van der Waals surface area contributed by atoms with E-state index >= 15 is 0 Å². The lowest BCUT2D eigenvalue weighted by atomic mass is 10.2. The molecule has 2 N–H and O–H groups in total. The molecule has 0 aromatic heterocycles. The van der Waals surface area contributed by atoms with Crippen molar-refractivity contribution in [2.24, 2.45) is 5.10 Å². The Bertz CT molecular complexity index is 692. The number of nitrogens with one attached hydrogen (secondary N) is 2. The molecule has 0 saturated heterocycles. The van der Waals surface area contributed by atoms with E-state index < -0.39 is 0 Å². The number of thiocarbonyl (C=S) groups is 1. The highest BCUT2D eigenvalue weighted by atomic mass is 79.9. The predicted molar refractivity (Wildman–Crippen MR) is 94.0 cm³/mol. The fourth-order valence-electron chi connectivity index (χ4n) is 1.66. The summed E-state index contributed by atoms with van der Waals surface area (Å²) in [5.74, 6) is 0.398. The zero-order valence-electron chi connectivity index (χ0n) is 11.6. The summed E-state index contributed by atoms with van der Waals surface area (Å²) >= 11 is 8.49. The number of hydrazone groups is 1. The van der Waals surface area contributed by atoms with E-state index in [0.717, 1.165) is 10.0 Å². The van der Waals surface area contributed by atoms with Gasteiger partial charge in [-0.25, -0.2) is 4.39 Å². The van der Waals surface area contributed by atoms with Gasteiger partial charge in [-0.2, -0.15) is 5.10 Å². The van der Waals surface area contributed by atoms with Gasteiger partial charge in [0.05, 0.1) is 13.3 Å². The van der Waals surface area contributed by atoms with Crippen molar-refractivity contribution in [2.45, 2.75) is 0 Å². The number of ether oxygens (including phenoxy) is 1. The van der Waals surface area contributed by atoms with Crippen LogP contribution in [0.4, 0.5) is 10.1 Å². The van der Waals surface area contributed by atoms with E-state index in [1.165, 1.54) is 12.1 Å². The molecule has 0 amide bonds. The van der Waals surface area contributed by atoms with Gasteiger partial charge in [0.25, 0.3) is 0 Å². The standard InChI is InChI=1S/C15H13BrFN3OS/c1-21-14-7-2-11(16)8-10(14)9-18-20-15(22)19-13-5-3-12(17)4-6-13/h2-9H,1H3,(H2,19,20,22). The van der Waals surface area contributed by atoms with Gasteiger partial charge in [-0.3, -0.25) is 5.43 Å². The molecule has 0 aliphatic carbocycles. The van der Waals surface area contributed by atoms with Crippen LogP contribution in [-0.4, -0.2) is 18.4 Å². The number of rotatable bonds is 4. The first-order chi connectivity index (χ1) is 10.6. The van der Waals surface area contributed by atoms with Crippen LogP contribution in [0.5, 0.6) is 5.75 Å². The van der Waals surface area contributed by atoms with Crippen LogP contribution in [0.15, 0.2) is 52.0 Å². The summed E-state index contributed by atoms with van der Waals surface area (Å²) in [4.78, 5) is 0. The molecule has 4 nitrogen and oxygen atoms in total. The molecule has 0 radical (unpaired) electrons. The van der Waals surface area contributed by atoms with Crippen LogP contribution in [0.3, 0.4) is 0 Å². The Morgan fingerprint density at radius 2 is 2.00 bits per heavy atom. The van der Waals surface area contributed by atoms with Gasteiger partial charge in [0.15, 0.2) is 5.11 Å². The van der Waals surface area contributed by atoms with E-state index in [-0.39, 0.29) is 5.82 Å². The van der Waals surface area contributed by atoms with Gasteiger partial charge in [0.1, 0.15) is 11.6 Å². The van der Waals surface area contributed by atoms with Crippen LogP contribution in [-0.2, 0) is 0 Å². The molecule has 2 aromatic carbocycles. The summed E-state index contributed by atoms with van der Waals surface area (Å²) in [6.07, 6.45) is 1.60. The Balaban J connectivity index is 1.96. The van der Waals surface area contributed by atoms with Crippen molar-refractivity contribution in [3.63, 3.8) is 0 Å². The third-order valence-corrected chi connectivity index (χ3v) is 3.35. The lowest BCUT2D eigenvalue weighted by Crippen LogP contribution is -2.23. The molecule has 0 saturated carbocycles. The fraction of sp³-hybridized carbons (Fsp3) is 0.0667. The number of methoxy groups -OCH3 is 1. The Labute approximate surface area is 141 Å². The van der Waals surface area contributed by atoms with Crippen LogP contribution in [0.2, 0.25) is 0 Å². The molecule has 7 heteroatoms. The van der Waals surface area contributed by atoms with Gasteiger partial charge in [-0.1, -0.05) is 15.9 Å². The first-order valence-corrected chi connectivity index (χ1v) is 7.48. The molecule has 2 aromatic rings. The largest absolute Gasteiger partial charge is 0.496 e. The Morgan fingerprint density at radius 1 is 1.27 bits per heavy atom. The maximum absolute atomic E-state index is 12.8. The SMILES string of the molecule is COc1ccc(Br)cc1C=NNC(=S)Nc1ccc(F)cc1. The highest BCUT2D eigenvalue weighted by molar-refractivity contribution is 9.10. The minimum absolute atomic E-state index is 0.302. The topological polar surface area (TPSA) is 45.6 Å². The van der Waals surface area contributed by atoms with Gasteiger partial charge in [0, 0.05) is 15.7 Å². The van der Waals surface area contributed by atoms with Crippen molar-refractivity contribution in [3.8, 4) is 5.75 Å². The van der Waals surface area contributed by atoms with Crippen molar-refractivity contribution >= 4 is 45.2 Å². The minimum atomic E-state index is -0.302. The van der Waals surface area contributed by atoms with Gasteiger partial charge in [-0.15, -0.1) is 0 Å². The molecule has 0 fully saturated rings. The predicted octanol–water partition coefficient (Wildman–Crippen LogP) is 3.92. The number of nitrogens with zero attached hydrogens (tertiary/aromatic N) is 1. The molecule has 0 aliphatic heterocycles. The molecular formula is C15H13BrFN3OS. The summed E-state index contributed by atoms with van der Waals surface area (Å²) in [5, 5.41) is 7.25. The van der Waals surface area contributed by atoms with E-state index in [1.807, 2.05) is 18.2 Å². The van der Waals surface area contributed by atoms with Gasteiger partial charge in [0.2, 0.25) is 0 Å². The molecule has 0 bridgehead atoms. The fourth-order valence-corrected chi connectivity index (χ4v) is 2.21. The first-order valence-electron chi connectivity index (χ1n) is 6.27. The molecule has 22 heavy (non-hydrogen) atoms. The third-order valence-electron chi connectivity index (χ3n) is 2.66. The molecule has 0 spiro atoms. The highest BCUT2D eigenvalue weighted by Gasteiger charge is 2.01. The van der Waals surface area contributed by atoms with Crippen molar-refractivity contribution in [2.75, 3.05) is 12.4 Å². The quantitative estimate of drug-likeness (QED) is 0.478. The van der Waals surface area contributed by atoms with Gasteiger partial charge >= 0.3 is 0 Å². The third kappa shape index (κ3) is 4.78. The van der Waals surface area contributed by atoms with Crippen LogP contribution < -0.4 is 15.5 Å². The lowest BCUT2D eigenvalue weighted by Gasteiger charge is -2.07. The normalized spacial score (nSPS) is 10.5. The molecular weight excluding hydrogens is 369 g/mol. The zero-order chi connectivity index (χ0) is 15.9. The maximum Gasteiger partial charge on any atom is 0.191 e. The van der Waals surface area contributed by atoms with Crippen molar-refractivity contribution in [1.29, 1.82) is 0 Å². The van der Waals surface area contributed by atoms with Crippen LogP contribution in [0.25, 0.3) is 0 Å². The molecule has 0 atom stereocenters. The Morgan fingerprint density at radius 3 is 2.68 bits per heavy atom. The number of hydrogen-bond donors (Lipinski definition) is 2. The summed E-state index contributed by atoms with van der Waals surface area (Å²) in [7, 11) is 1.59. The monoisotopic (exact) mass is 381 g/mol. The van der Waals surface area contributed by atoms with Crippen LogP contribution in [0, 0.1) is 5.82 Å². The lowest BCUT2D eigenvalue weighted by molar-refractivity contribution is 0.414. The Kier molecular flexibility index (Phi) is 5.85. The van der Waals surface area contributed by atoms with Gasteiger partial charge < -0.3 is 10.1 Å². The first kappa shape index (κ1) is 16.4. The minimum Gasteiger partial charge on any atom is -0.496 e. The second-order valence-corrected chi connectivity index (χ2v) is 5.54. The Hall–Kier alpha value is -1.99. The van der Waals surface area contributed by atoms with Gasteiger partial charge in [-0.05, 0) is 54.7 Å².